The van der Waals surface area contributed by atoms with Crippen LogP contribution in [0.25, 0.3) is 0 Å². The fraction of sp³-hybridized carbons (Fsp3) is 0.583. The number of carboxylic acids is 1. The van der Waals surface area contributed by atoms with Crippen LogP contribution in [0.4, 0.5) is 5.13 Å². The van der Waals surface area contributed by atoms with E-state index < -0.39 is 5.97 Å². The molecule has 1 aromatic heterocycles. The smallest absolute Gasteiger partial charge is 0.309 e. The molecule has 0 saturated carbocycles. The predicted molar refractivity (Wildman–Crippen MR) is 74.5 cm³/mol. The molecule has 0 unspecified atom stereocenters. The van der Waals surface area contributed by atoms with Gasteiger partial charge in [0.25, 0.3) is 0 Å². The highest BCUT2D eigenvalue weighted by Crippen LogP contribution is 2.15. The van der Waals surface area contributed by atoms with E-state index in [0.717, 1.165) is 0 Å². The molecule has 0 fully saturated rings. The maximum absolute atomic E-state index is 11.6. The van der Waals surface area contributed by atoms with Crippen molar-refractivity contribution >= 4 is 28.3 Å². The molecule has 106 valence electrons. The third-order valence-electron chi connectivity index (χ3n) is 2.03. The number of hydrogen-bond acceptors (Lipinski definition) is 5. The van der Waals surface area contributed by atoms with E-state index >= 15 is 0 Å². The van der Waals surface area contributed by atoms with Crippen molar-refractivity contribution in [3.8, 4) is 0 Å². The molecule has 0 aliphatic carbocycles. The first kappa shape index (κ1) is 15.4. The van der Waals surface area contributed by atoms with E-state index in [-0.39, 0.29) is 17.9 Å². The second-order valence-corrected chi connectivity index (χ2v) is 6.05. The standard InChI is InChI=1S/C12H19N3O3S/c1-12(2,3)15-9(16)4-5-13-11-14-8(7-19-11)6-10(17)18/h7H,4-6H2,1-3H3,(H,13,14)(H,15,16)(H,17,18). The van der Waals surface area contributed by atoms with E-state index in [1.807, 2.05) is 20.8 Å². The molecule has 1 amide bonds. The zero-order valence-corrected chi connectivity index (χ0v) is 12.1. The van der Waals surface area contributed by atoms with Gasteiger partial charge < -0.3 is 15.7 Å². The third-order valence-corrected chi connectivity index (χ3v) is 2.88. The Morgan fingerprint density at radius 1 is 1.42 bits per heavy atom. The van der Waals surface area contributed by atoms with Crippen LogP contribution in [0.2, 0.25) is 0 Å². The van der Waals surface area contributed by atoms with Gasteiger partial charge in [0, 0.05) is 23.9 Å². The molecule has 6 nitrogen and oxygen atoms in total. The number of carbonyl (C=O) groups excluding carboxylic acids is 1. The Labute approximate surface area is 116 Å². The molecule has 0 saturated heterocycles. The van der Waals surface area contributed by atoms with Gasteiger partial charge in [-0.3, -0.25) is 9.59 Å². The molecule has 0 bridgehead atoms. The maximum Gasteiger partial charge on any atom is 0.309 e. The van der Waals surface area contributed by atoms with Gasteiger partial charge in [-0.05, 0) is 20.8 Å². The van der Waals surface area contributed by atoms with Crippen molar-refractivity contribution in [2.45, 2.75) is 39.2 Å². The van der Waals surface area contributed by atoms with Crippen molar-refractivity contribution in [1.29, 1.82) is 0 Å². The molecule has 0 radical (unpaired) electrons. The van der Waals surface area contributed by atoms with Gasteiger partial charge in [0.05, 0.1) is 12.1 Å². The minimum absolute atomic E-state index is 0.0256. The van der Waals surface area contributed by atoms with Crippen LogP contribution < -0.4 is 10.6 Å². The van der Waals surface area contributed by atoms with Gasteiger partial charge >= 0.3 is 5.97 Å². The Kier molecular flexibility index (Phi) is 5.29. The predicted octanol–water partition coefficient (Wildman–Crippen LogP) is 1.49. The number of rotatable bonds is 6. The fourth-order valence-corrected chi connectivity index (χ4v) is 2.13. The first-order valence-electron chi connectivity index (χ1n) is 5.97. The zero-order chi connectivity index (χ0) is 14.5. The minimum atomic E-state index is -0.901. The molecule has 19 heavy (non-hydrogen) atoms. The number of hydrogen-bond donors (Lipinski definition) is 3. The summed E-state index contributed by atoms with van der Waals surface area (Å²) in [6.07, 6.45) is 0.272. The quantitative estimate of drug-likeness (QED) is 0.736. The average molecular weight is 285 g/mol. The molecule has 0 atom stereocenters. The van der Waals surface area contributed by atoms with Gasteiger partial charge in [-0.25, -0.2) is 4.98 Å². The average Bonchev–Trinajstić information content (AvgIpc) is 2.61. The lowest BCUT2D eigenvalue weighted by molar-refractivity contribution is -0.136. The van der Waals surface area contributed by atoms with E-state index in [1.165, 1.54) is 11.3 Å². The number of carboxylic acid groups (broad SMARTS) is 1. The molecule has 0 spiro atoms. The summed E-state index contributed by atoms with van der Waals surface area (Å²) in [5.74, 6) is -0.927. The summed E-state index contributed by atoms with van der Waals surface area (Å²) in [5, 5.41) is 16.8. The van der Waals surface area contributed by atoms with Crippen molar-refractivity contribution in [3.63, 3.8) is 0 Å². The number of carbonyl (C=O) groups is 2. The highest BCUT2D eigenvalue weighted by molar-refractivity contribution is 7.13. The zero-order valence-electron chi connectivity index (χ0n) is 11.3. The van der Waals surface area contributed by atoms with Gasteiger partial charge in [-0.15, -0.1) is 11.3 Å². The first-order chi connectivity index (χ1) is 8.76. The van der Waals surface area contributed by atoms with Crippen LogP contribution in [0.1, 0.15) is 32.9 Å². The number of anilines is 1. The topological polar surface area (TPSA) is 91.3 Å². The van der Waals surface area contributed by atoms with Crippen molar-refractivity contribution in [2.24, 2.45) is 0 Å². The summed E-state index contributed by atoms with van der Waals surface area (Å²) < 4.78 is 0. The van der Waals surface area contributed by atoms with Crippen LogP contribution in [0.15, 0.2) is 5.38 Å². The summed E-state index contributed by atoms with van der Waals surface area (Å²) in [4.78, 5) is 26.2. The van der Waals surface area contributed by atoms with E-state index in [1.54, 1.807) is 5.38 Å². The molecule has 7 heteroatoms. The lowest BCUT2D eigenvalue weighted by atomic mass is 10.1. The third kappa shape index (κ3) is 6.76. The summed E-state index contributed by atoms with van der Waals surface area (Å²) in [6.45, 7) is 6.26. The summed E-state index contributed by atoms with van der Waals surface area (Å²) >= 11 is 1.34. The lowest BCUT2D eigenvalue weighted by Gasteiger charge is -2.20. The van der Waals surface area contributed by atoms with Crippen LogP contribution in [0, 0.1) is 0 Å². The van der Waals surface area contributed by atoms with Crippen molar-refractivity contribution < 1.29 is 14.7 Å². The molecule has 0 aliphatic rings. The Bertz CT molecular complexity index is 451. The minimum Gasteiger partial charge on any atom is -0.481 e. The Morgan fingerprint density at radius 2 is 2.11 bits per heavy atom. The number of aromatic nitrogens is 1. The Hall–Kier alpha value is -1.63. The van der Waals surface area contributed by atoms with Gasteiger partial charge in [0.15, 0.2) is 5.13 Å². The monoisotopic (exact) mass is 285 g/mol. The normalized spacial score (nSPS) is 11.1. The maximum atomic E-state index is 11.6. The molecule has 1 rings (SSSR count). The highest BCUT2D eigenvalue weighted by Gasteiger charge is 2.13. The molecule has 1 heterocycles. The van der Waals surface area contributed by atoms with Crippen LogP contribution >= 0.6 is 11.3 Å². The van der Waals surface area contributed by atoms with Crippen molar-refractivity contribution in [2.75, 3.05) is 11.9 Å². The second-order valence-electron chi connectivity index (χ2n) is 5.19. The first-order valence-corrected chi connectivity index (χ1v) is 6.85. The number of nitrogens with one attached hydrogen (secondary N) is 2. The van der Waals surface area contributed by atoms with E-state index in [2.05, 4.69) is 15.6 Å². The SMILES string of the molecule is CC(C)(C)NC(=O)CCNc1nc(CC(=O)O)cs1. The van der Waals surface area contributed by atoms with E-state index in [4.69, 9.17) is 5.11 Å². The fourth-order valence-electron chi connectivity index (χ4n) is 1.39. The summed E-state index contributed by atoms with van der Waals surface area (Å²) in [7, 11) is 0. The molecular formula is C12H19N3O3S. The Balaban J connectivity index is 2.31. The van der Waals surface area contributed by atoms with Crippen LogP contribution in [0.5, 0.6) is 0 Å². The van der Waals surface area contributed by atoms with Crippen molar-refractivity contribution in [1.82, 2.24) is 10.3 Å². The highest BCUT2D eigenvalue weighted by atomic mass is 32.1. The van der Waals surface area contributed by atoms with Crippen LogP contribution in [-0.2, 0) is 16.0 Å². The molecule has 3 N–H and O–H groups in total. The molecular weight excluding hydrogens is 266 g/mol. The molecule has 0 aliphatic heterocycles. The van der Waals surface area contributed by atoms with Crippen LogP contribution in [-0.4, -0.2) is 34.1 Å². The number of aliphatic carboxylic acids is 1. The number of nitrogens with zero attached hydrogens (tertiary/aromatic N) is 1. The number of amides is 1. The van der Waals surface area contributed by atoms with Crippen LogP contribution in [0.3, 0.4) is 0 Å². The van der Waals surface area contributed by atoms with E-state index in [0.29, 0.717) is 23.8 Å². The van der Waals surface area contributed by atoms with Gasteiger partial charge in [-0.2, -0.15) is 0 Å². The largest absolute Gasteiger partial charge is 0.481 e. The van der Waals surface area contributed by atoms with Gasteiger partial charge in [-0.1, -0.05) is 0 Å². The molecule has 1 aromatic rings. The van der Waals surface area contributed by atoms with Gasteiger partial charge in [0.1, 0.15) is 0 Å². The summed E-state index contributed by atoms with van der Waals surface area (Å²) in [6, 6.07) is 0. The summed E-state index contributed by atoms with van der Waals surface area (Å²) in [5.41, 5.74) is 0.298. The second kappa shape index (κ2) is 6.51. The van der Waals surface area contributed by atoms with E-state index in [9.17, 15) is 9.59 Å². The van der Waals surface area contributed by atoms with Gasteiger partial charge in [0.2, 0.25) is 5.91 Å². The Morgan fingerprint density at radius 3 is 2.68 bits per heavy atom. The number of thiazole rings is 1. The molecule has 0 aromatic carbocycles. The van der Waals surface area contributed by atoms with Crippen molar-refractivity contribution in [3.05, 3.63) is 11.1 Å². The lowest BCUT2D eigenvalue weighted by Crippen LogP contribution is -2.41.